The zero-order valence-corrected chi connectivity index (χ0v) is 13.2. The number of hydrogen-bond acceptors (Lipinski definition) is 4. The largest absolute Gasteiger partial charge is 0.364 e. The lowest BCUT2D eigenvalue weighted by Gasteiger charge is -2.07. The molecular weight excluding hydrogens is 302 g/mol. The summed E-state index contributed by atoms with van der Waals surface area (Å²) >= 11 is 1.57. The number of carbonyl (C=O) groups excluding carboxylic acids is 2. The summed E-state index contributed by atoms with van der Waals surface area (Å²) in [4.78, 5) is 24.1. The van der Waals surface area contributed by atoms with E-state index in [-0.39, 0.29) is 11.6 Å². The van der Waals surface area contributed by atoms with Crippen molar-refractivity contribution in [2.24, 2.45) is 19.8 Å². The number of nitrogens with one attached hydrogen (secondary N) is 1. The Kier molecular flexibility index (Phi) is 3.25. The van der Waals surface area contributed by atoms with E-state index in [0.717, 1.165) is 10.2 Å². The summed E-state index contributed by atoms with van der Waals surface area (Å²) in [7, 11) is 3.44. The topological polar surface area (TPSA) is 94.9 Å². The lowest BCUT2D eigenvalue weighted by atomic mass is 10.2. The molecule has 114 valence electrons. The van der Waals surface area contributed by atoms with Crippen LogP contribution in [0.15, 0.2) is 17.5 Å². The molecule has 0 fully saturated rings. The number of aromatic nitrogens is 3. The van der Waals surface area contributed by atoms with E-state index < -0.39 is 5.91 Å². The fourth-order valence-electron chi connectivity index (χ4n) is 2.54. The molecule has 0 spiro atoms. The first-order valence-corrected chi connectivity index (χ1v) is 7.45. The van der Waals surface area contributed by atoms with E-state index in [9.17, 15) is 9.59 Å². The van der Waals surface area contributed by atoms with Gasteiger partial charge >= 0.3 is 0 Å². The number of amides is 2. The Labute approximate surface area is 130 Å². The summed E-state index contributed by atoms with van der Waals surface area (Å²) in [6.07, 6.45) is 0. The molecule has 0 aliphatic carbocycles. The standard InChI is InChI=1S/C14H15N5O2S/c1-7-11(12(13(15)20)19(3)17-7)16-14(21)9-6-10-8(18(9)2)4-5-22-10/h4-6H,1-3H3,(H2,15,20)(H,16,21). The van der Waals surface area contributed by atoms with Gasteiger partial charge in [0.2, 0.25) is 0 Å². The van der Waals surface area contributed by atoms with Crippen LogP contribution in [0, 0.1) is 6.92 Å². The van der Waals surface area contributed by atoms with Crippen molar-refractivity contribution >= 4 is 39.1 Å². The third-order valence-electron chi connectivity index (χ3n) is 3.59. The Hall–Kier alpha value is -2.61. The molecule has 0 aliphatic rings. The van der Waals surface area contributed by atoms with Crippen LogP contribution < -0.4 is 11.1 Å². The molecule has 0 bridgehead atoms. The van der Waals surface area contributed by atoms with Gasteiger partial charge in [0.1, 0.15) is 11.4 Å². The Bertz CT molecular complexity index is 902. The number of nitrogens with zero attached hydrogens (tertiary/aromatic N) is 3. The first kappa shape index (κ1) is 14.3. The first-order chi connectivity index (χ1) is 10.4. The Morgan fingerprint density at radius 3 is 2.73 bits per heavy atom. The Morgan fingerprint density at radius 2 is 2.09 bits per heavy atom. The molecule has 3 rings (SSSR count). The second-order valence-corrected chi connectivity index (χ2v) is 5.96. The second-order valence-electron chi connectivity index (χ2n) is 5.01. The fourth-order valence-corrected chi connectivity index (χ4v) is 3.38. The van der Waals surface area contributed by atoms with Gasteiger partial charge in [-0.1, -0.05) is 0 Å². The molecule has 8 heteroatoms. The number of aryl methyl sites for hydroxylation is 3. The molecule has 3 aromatic rings. The lowest BCUT2D eigenvalue weighted by molar-refractivity contribution is 0.0992. The van der Waals surface area contributed by atoms with Gasteiger partial charge in [0.05, 0.1) is 21.6 Å². The average molecular weight is 317 g/mol. The van der Waals surface area contributed by atoms with Gasteiger partial charge in [-0.25, -0.2) is 0 Å². The van der Waals surface area contributed by atoms with Crippen molar-refractivity contribution in [3.63, 3.8) is 0 Å². The summed E-state index contributed by atoms with van der Waals surface area (Å²) in [6, 6.07) is 3.78. The minimum atomic E-state index is -0.633. The van der Waals surface area contributed by atoms with Gasteiger partial charge in [-0.2, -0.15) is 5.10 Å². The predicted molar refractivity (Wildman–Crippen MR) is 85.2 cm³/mol. The summed E-state index contributed by atoms with van der Waals surface area (Å²) in [5, 5.41) is 8.86. The van der Waals surface area contributed by atoms with E-state index >= 15 is 0 Å². The molecule has 2 amide bonds. The quantitative estimate of drug-likeness (QED) is 0.768. The number of anilines is 1. The maximum Gasteiger partial charge on any atom is 0.272 e. The van der Waals surface area contributed by atoms with E-state index in [1.807, 2.05) is 29.1 Å². The van der Waals surface area contributed by atoms with Gasteiger partial charge in [0.25, 0.3) is 11.8 Å². The molecule has 3 N–H and O–H groups in total. The number of rotatable bonds is 3. The van der Waals surface area contributed by atoms with Gasteiger partial charge in [-0.05, 0) is 24.4 Å². The highest BCUT2D eigenvalue weighted by atomic mass is 32.1. The van der Waals surface area contributed by atoms with Crippen LogP contribution in [0.25, 0.3) is 10.2 Å². The van der Waals surface area contributed by atoms with Crippen LogP contribution in [0.5, 0.6) is 0 Å². The van der Waals surface area contributed by atoms with Gasteiger partial charge in [0.15, 0.2) is 0 Å². The van der Waals surface area contributed by atoms with Gasteiger partial charge < -0.3 is 15.6 Å². The summed E-state index contributed by atoms with van der Waals surface area (Å²) in [5.41, 5.74) is 7.95. The minimum Gasteiger partial charge on any atom is -0.364 e. The summed E-state index contributed by atoms with van der Waals surface area (Å²) in [6.45, 7) is 1.71. The minimum absolute atomic E-state index is 0.182. The van der Waals surface area contributed by atoms with Crippen molar-refractivity contribution in [3.8, 4) is 0 Å². The number of nitrogens with two attached hydrogens (primary N) is 1. The van der Waals surface area contributed by atoms with Crippen LogP contribution in [-0.4, -0.2) is 26.2 Å². The molecule has 22 heavy (non-hydrogen) atoms. The van der Waals surface area contributed by atoms with Gasteiger partial charge in [0, 0.05) is 14.1 Å². The van der Waals surface area contributed by atoms with E-state index in [1.165, 1.54) is 4.68 Å². The summed E-state index contributed by atoms with van der Waals surface area (Å²) in [5.74, 6) is -0.934. The highest BCUT2D eigenvalue weighted by molar-refractivity contribution is 7.17. The zero-order valence-electron chi connectivity index (χ0n) is 12.4. The molecule has 0 unspecified atom stereocenters. The first-order valence-electron chi connectivity index (χ1n) is 6.57. The number of hydrogen-bond donors (Lipinski definition) is 2. The smallest absolute Gasteiger partial charge is 0.272 e. The molecular formula is C14H15N5O2S. The van der Waals surface area contributed by atoms with Crippen LogP contribution in [0.4, 0.5) is 5.69 Å². The number of primary amides is 1. The number of carbonyl (C=O) groups is 2. The fraction of sp³-hybridized carbons (Fsp3) is 0.214. The third-order valence-corrected chi connectivity index (χ3v) is 4.44. The van der Waals surface area contributed by atoms with E-state index in [0.29, 0.717) is 17.1 Å². The molecule has 0 radical (unpaired) electrons. The van der Waals surface area contributed by atoms with E-state index in [4.69, 9.17) is 5.73 Å². The van der Waals surface area contributed by atoms with Crippen LogP contribution in [0.2, 0.25) is 0 Å². The summed E-state index contributed by atoms with van der Waals surface area (Å²) < 4.78 is 4.22. The van der Waals surface area contributed by atoms with Crippen LogP contribution in [0.3, 0.4) is 0 Å². The van der Waals surface area contributed by atoms with Crippen LogP contribution >= 0.6 is 11.3 Å². The monoisotopic (exact) mass is 317 g/mol. The van der Waals surface area contributed by atoms with Gasteiger partial charge in [-0.3, -0.25) is 14.3 Å². The van der Waals surface area contributed by atoms with Crippen molar-refractivity contribution in [1.29, 1.82) is 0 Å². The molecule has 3 heterocycles. The van der Waals surface area contributed by atoms with Crippen molar-refractivity contribution < 1.29 is 9.59 Å². The molecule has 0 aromatic carbocycles. The highest BCUT2D eigenvalue weighted by Gasteiger charge is 2.22. The Balaban J connectivity index is 2.00. The van der Waals surface area contributed by atoms with Crippen molar-refractivity contribution in [1.82, 2.24) is 14.3 Å². The molecule has 3 aromatic heterocycles. The van der Waals surface area contributed by atoms with Crippen LogP contribution in [-0.2, 0) is 14.1 Å². The van der Waals surface area contributed by atoms with Gasteiger partial charge in [-0.15, -0.1) is 11.3 Å². The second kappa shape index (κ2) is 4.99. The third kappa shape index (κ3) is 2.08. The maximum absolute atomic E-state index is 12.5. The SMILES string of the molecule is Cc1nn(C)c(C(N)=O)c1NC(=O)c1cc2sccc2n1C. The van der Waals surface area contributed by atoms with Crippen LogP contribution in [0.1, 0.15) is 26.7 Å². The van der Waals surface area contributed by atoms with E-state index in [2.05, 4.69) is 10.4 Å². The predicted octanol–water partition coefficient (Wildman–Crippen LogP) is 1.63. The highest BCUT2D eigenvalue weighted by Crippen LogP contribution is 2.26. The number of fused-ring (bicyclic) bond motifs is 1. The normalized spacial score (nSPS) is 11.0. The average Bonchev–Trinajstić information content (AvgIpc) is 3.07. The van der Waals surface area contributed by atoms with E-state index in [1.54, 1.807) is 25.3 Å². The molecule has 0 aliphatic heterocycles. The maximum atomic E-state index is 12.5. The lowest BCUT2D eigenvalue weighted by Crippen LogP contribution is -2.21. The van der Waals surface area contributed by atoms with Crippen molar-refractivity contribution in [3.05, 3.63) is 34.6 Å². The molecule has 0 saturated carbocycles. The zero-order chi connectivity index (χ0) is 16.0. The number of thiophene rings is 1. The van der Waals surface area contributed by atoms with Crippen molar-refractivity contribution in [2.75, 3.05) is 5.32 Å². The van der Waals surface area contributed by atoms with Crippen molar-refractivity contribution in [2.45, 2.75) is 6.92 Å². The molecule has 0 saturated heterocycles. The molecule has 7 nitrogen and oxygen atoms in total. The molecule has 0 atom stereocenters. The Morgan fingerprint density at radius 1 is 1.36 bits per heavy atom.